The van der Waals surface area contributed by atoms with Crippen LogP contribution in [0, 0.1) is 0 Å². The maximum absolute atomic E-state index is 11.8. The average Bonchev–Trinajstić information content (AvgIpc) is 2.96. The molecule has 0 aliphatic carbocycles. The second kappa shape index (κ2) is 5.44. The number of carbonyl (C=O) groups excluding carboxylic acids is 1. The van der Waals surface area contributed by atoms with Gasteiger partial charge in [-0.05, 0) is 31.9 Å². The highest BCUT2D eigenvalue weighted by Gasteiger charge is 2.30. The number of aromatic carboxylic acids is 1. The zero-order valence-corrected chi connectivity index (χ0v) is 10.9. The third kappa shape index (κ3) is 3.35. The summed E-state index contributed by atoms with van der Waals surface area (Å²) in [6, 6.07) is 3.08. The standard InChI is InChI=1S/C13H18N2O4/c1-13(5-3-7-19-13)9-14-11(16)8-15-6-2-4-10(15)12(17)18/h2,4,6H,3,5,7-9H2,1H3,(H,14,16)(H,17,18). The van der Waals surface area contributed by atoms with Gasteiger partial charge in [-0.2, -0.15) is 0 Å². The number of aromatic nitrogens is 1. The van der Waals surface area contributed by atoms with Crippen LogP contribution in [-0.2, 0) is 16.1 Å². The maximum atomic E-state index is 11.8. The summed E-state index contributed by atoms with van der Waals surface area (Å²) in [6.45, 7) is 3.16. The maximum Gasteiger partial charge on any atom is 0.352 e. The van der Waals surface area contributed by atoms with Gasteiger partial charge in [0.05, 0.1) is 5.60 Å². The lowest BCUT2D eigenvalue weighted by molar-refractivity contribution is -0.122. The van der Waals surface area contributed by atoms with Gasteiger partial charge in [-0.3, -0.25) is 4.79 Å². The molecule has 1 atom stereocenters. The number of rotatable bonds is 5. The Morgan fingerprint density at radius 2 is 2.37 bits per heavy atom. The number of nitrogens with zero attached hydrogens (tertiary/aromatic N) is 1. The molecule has 1 saturated heterocycles. The molecular weight excluding hydrogens is 248 g/mol. The molecule has 19 heavy (non-hydrogen) atoms. The molecule has 1 amide bonds. The molecule has 1 aliphatic heterocycles. The van der Waals surface area contributed by atoms with Gasteiger partial charge in [0.1, 0.15) is 12.2 Å². The summed E-state index contributed by atoms with van der Waals surface area (Å²) >= 11 is 0. The van der Waals surface area contributed by atoms with Gasteiger partial charge in [-0.15, -0.1) is 0 Å². The van der Waals surface area contributed by atoms with Crippen molar-refractivity contribution in [3.05, 3.63) is 24.0 Å². The third-order valence-electron chi connectivity index (χ3n) is 3.32. The van der Waals surface area contributed by atoms with Gasteiger partial charge in [0.2, 0.25) is 5.91 Å². The fraction of sp³-hybridized carbons (Fsp3) is 0.538. The Morgan fingerprint density at radius 3 is 3.00 bits per heavy atom. The Balaban J connectivity index is 1.87. The Bertz CT molecular complexity index is 475. The molecule has 6 nitrogen and oxygen atoms in total. The van der Waals surface area contributed by atoms with Crippen molar-refractivity contribution in [1.29, 1.82) is 0 Å². The van der Waals surface area contributed by atoms with Crippen molar-refractivity contribution in [1.82, 2.24) is 9.88 Å². The first-order valence-electron chi connectivity index (χ1n) is 6.29. The average molecular weight is 266 g/mol. The van der Waals surface area contributed by atoms with Crippen LogP contribution in [0.4, 0.5) is 0 Å². The fourth-order valence-corrected chi connectivity index (χ4v) is 2.22. The molecule has 2 rings (SSSR count). The molecule has 1 aromatic rings. The van der Waals surface area contributed by atoms with Crippen LogP contribution < -0.4 is 5.32 Å². The Labute approximate surface area is 111 Å². The normalized spacial score (nSPS) is 22.4. The first-order valence-corrected chi connectivity index (χ1v) is 6.29. The lowest BCUT2D eigenvalue weighted by Gasteiger charge is -2.23. The van der Waals surface area contributed by atoms with Crippen molar-refractivity contribution >= 4 is 11.9 Å². The first-order chi connectivity index (χ1) is 9.00. The van der Waals surface area contributed by atoms with Crippen LogP contribution >= 0.6 is 0 Å². The molecule has 0 aromatic carbocycles. The highest BCUT2D eigenvalue weighted by Crippen LogP contribution is 2.23. The lowest BCUT2D eigenvalue weighted by atomic mass is 10.0. The molecule has 0 spiro atoms. The van der Waals surface area contributed by atoms with Gasteiger partial charge in [-0.25, -0.2) is 4.79 Å². The second-order valence-corrected chi connectivity index (χ2v) is 5.01. The van der Waals surface area contributed by atoms with Crippen LogP contribution in [0.25, 0.3) is 0 Å². The number of hydrogen-bond acceptors (Lipinski definition) is 3. The number of carboxylic acids is 1. The topological polar surface area (TPSA) is 80.6 Å². The van der Waals surface area contributed by atoms with Crippen molar-refractivity contribution in [2.24, 2.45) is 0 Å². The largest absolute Gasteiger partial charge is 0.477 e. The molecule has 2 heterocycles. The van der Waals surface area contributed by atoms with E-state index in [0.29, 0.717) is 6.54 Å². The summed E-state index contributed by atoms with van der Waals surface area (Å²) in [5.74, 6) is -1.25. The van der Waals surface area contributed by atoms with Crippen molar-refractivity contribution in [2.45, 2.75) is 31.9 Å². The Kier molecular flexibility index (Phi) is 3.90. The summed E-state index contributed by atoms with van der Waals surface area (Å²) in [5, 5.41) is 11.7. The summed E-state index contributed by atoms with van der Waals surface area (Å²) in [7, 11) is 0. The van der Waals surface area contributed by atoms with Crippen molar-refractivity contribution < 1.29 is 19.4 Å². The summed E-state index contributed by atoms with van der Waals surface area (Å²) in [6.07, 6.45) is 3.52. The fourth-order valence-electron chi connectivity index (χ4n) is 2.22. The predicted molar refractivity (Wildman–Crippen MR) is 68.0 cm³/mol. The highest BCUT2D eigenvalue weighted by molar-refractivity contribution is 5.86. The van der Waals surface area contributed by atoms with E-state index >= 15 is 0 Å². The molecule has 1 aromatic heterocycles. The van der Waals surface area contributed by atoms with E-state index in [-0.39, 0.29) is 23.7 Å². The van der Waals surface area contributed by atoms with E-state index in [1.165, 1.54) is 10.6 Å². The van der Waals surface area contributed by atoms with Gasteiger partial charge < -0.3 is 19.7 Å². The van der Waals surface area contributed by atoms with Crippen molar-refractivity contribution in [3.63, 3.8) is 0 Å². The third-order valence-corrected chi connectivity index (χ3v) is 3.32. The van der Waals surface area contributed by atoms with Gasteiger partial charge in [0.25, 0.3) is 0 Å². The summed E-state index contributed by atoms with van der Waals surface area (Å²) < 4.78 is 6.98. The highest BCUT2D eigenvalue weighted by atomic mass is 16.5. The number of carbonyl (C=O) groups is 2. The van der Waals surface area contributed by atoms with E-state index in [2.05, 4.69) is 5.32 Å². The van der Waals surface area contributed by atoms with Gasteiger partial charge in [0, 0.05) is 19.3 Å². The van der Waals surface area contributed by atoms with E-state index in [1.54, 1.807) is 12.3 Å². The number of ether oxygens (including phenoxy) is 1. The minimum atomic E-state index is -1.04. The number of nitrogens with one attached hydrogen (secondary N) is 1. The predicted octanol–water partition coefficient (Wildman–Crippen LogP) is 0.872. The van der Waals surface area contributed by atoms with Gasteiger partial charge in [0.15, 0.2) is 0 Å². The van der Waals surface area contributed by atoms with Crippen LogP contribution in [0.3, 0.4) is 0 Å². The Hall–Kier alpha value is -1.82. The monoisotopic (exact) mass is 266 g/mol. The molecule has 2 N–H and O–H groups in total. The smallest absolute Gasteiger partial charge is 0.352 e. The van der Waals surface area contributed by atoms with Crippen molar-refractivity contribution in [3.8, 4) is 0 Å². The van der Waals surface area contributed by atoms with Crippen LogP contribution in [0.5, 0.6) is 0 Å². The molecule has 0 bridgehead atoms. The van der Waals surface area contributed by atoms with Crippen molar-refractivity contribution in [2.75, 3.05) is 13.2 Å². The van der Waals surface area contributed by atoms with E-state index in [4.69, 9.17) is 9.84 Å². The van der Waals surface area contributed by atoms with E-state index in [0.717, 1.165) is 19.4 Å². The molecular formula is C13H18N2O4. The SMILES string of the molecule is CC1(CNC(=O)Cn2cccc2C(=O)O)CCCO1. The molecule has 6 heteroatoms. The van der Waals surface area contributed by atoms with Crippen LogP contribution in [0.2, 0.25) is 0 Å². The van der Waals surface area contributed by atoms with Crippen LogP contribution in [0.1, 0.15) is 30.3 Å². The van der Waals surface area contributed by atoms with Gasteiger partial charge in [-0.1, -0.05) is 0 Å². The van der Waals surface area contributed by atoms with E-state index < -0.39 is 5.97 Å². The molecule has 1 unspecified atom stereocenters. The molecule has 0 radical (unpaired) electrons. The minimum Gasteiger partial charge on any atom is -0.477 e. The molecule has 104 valence electrons. The zero-order valence-electron chi connectivity index (χ0n) is 10.9. The van der Waals surface area contributed by atoms with E-state index in [1.807, 2.05) is 6.92 Å². The second-order valence-electron chi connectivity index (χ2n) is 5.01. The first kappa shape index (κ1) is 13.6. The Morgan fingerprint density at radius 1 is 1.58 bits per heavy atom. The number of hydrogen-bond donors (Lipinski definition) is 2. The summed E-state index contributed by atoms with van der Waals surface area (Å²) in [4.78, 5) is 22.7. The van der Waals surface area contributed by atoms with Crippen LogP contribution in [-0.4, -0.2) is 40.3 Å². The number of carboxylic acid groups (broad SMARTS) is 1. The molecule has 1 fully saturated rings. The molecule has 1 aliphatic rings. The van der Waals surface area contributed by atoms with Crippen LogP contribution in [0.15, 0.2) is 18.3 Å². The number of amides is 1. The van der Waals surface area contributed by atoms with Gasteiger partial charge >= 0.3 is 5.97 Å². The zero-order chi connectivity index (χ0) is 13.9. The minimum absolute atomic E-state index is 0.00468. The lowest BCUT2D eigenvalue weighted by Crippen LogP contribution is -2.41. The van der Waals surface area contributed by atoms with E-state index in [9.17, 15) is 9.59 Å². The quantitative estimate of drug-likeness (QED) is 0.828. The summed E-state index contributed by atoms with van der Waals surface area (Å²) in [5.41, 5.74) is -0.180. The molecule has 0 saturated carbocycles.